The molecular weight excluding hydrogens is 236 g/mol. The molecule has 3 nitrogen and oxygen atoms in total. The molecule has 0 fully saturated rings. The Morgan fingerprint density at radius 1 is 1.21 bits per heavy atom. The van der Waals surface area contributed by atoms with Gasteiger partial charge in [-0.25, -0.2) is 0 Å². The van der Waals surface area contributed by atoms with Gasteiger partial charge in [0.05, 0.1) is 16.9 Å². The molecule has 1 aromatic heterocycles. The number of nitrogens with zero attached hydrogens (tertiary/aromatic N) is 2. The Labute approximate surface area is 112 Å². The molecule has 0 aliphatic carbocycles. The number of aryl methyl sites for hydroxylation is 1. The van der Waals surface area contributed by atoms with E-state index in [0.717, 1.165) is 47.3 Å². The second kappa shape index (κ2) is 3.50. The summed E-state index contributed by atoms with van der Waals surface area (Å²) in [5, 5.41) is 1.16. The van der Waals surface area contributed by atoms with Crippen LogP contribution in [-0.4, -0.2) is 29.0 Å². The number of fused-ring (bicyclic) bond motifs is 4. The van der Waals surface area contributed by atoms with Crippen molar-refractivity contribution in [2.24, 2.45) is 0 Å². The van der Waals surface area contributed by atoms with E-state index in [1.165, 1.54) is 5.56 Å². The van der Waals surface area contributed by atoms with Crippen LogP contribution < -0.4 is 0 Å². The Morgan fingerprint density at radius 2 is 2.05 bits per heavy atom. The number of benzene rings is 1. The van der Waals surface area contributed by atoms with E-state index in [4.69, 9.17) is 0 Å². The summed E-state index contributed by atoms with van der Waals surface area (Å²) in [4.78, 5) is 14.8. The van der Waals surface area contributed by atoms with Gasteiger partial charge in [-0.1, -0.05) is 11.6 Å². The summed E-state index contributed by atoms with van der Waals surface area (Å²) in [6, 6.07) is 8.44. The number of aromatic nitrogens is 1. The number of carbonyl (C=O) groups excluding carboxylic acids is 1. The van der Waals surface area contributed by atoms with Crippen LogP contribution >= 0.6 is 0 Å². The van der Waals surface area contributed by atoms with Gasteiger partial charge in [-0.3, -0.25) is 9.36 Å². The summed E-state index contributed by atoms with van der Waals surface area (Å²) >= 11 is 0. The molecule has 3 heteroatoms. The number of rotatable bonds is 0. The largest absolute Gasteiger partial charge is 0.373 e. The van der Waals surface area contributed by atoms with Gasteiger partial charge in [-0.2, -0.15) is 0 Å². The maximum atomic E-state index is 12.6. The summed E-state index contributed by atoms with van der Waals surface area (Å²) < 4.78 is 1.89. The first-order valence-corrected chi connectivity index (χ1v) is 6.78. The topological polar surface area (TPSA) is 25.2 Å². The smallest absolute Gasteiger partial charge is 0.261 e. The summed E-state index contributed by atoms with van der Waals surface area (Å²) in [5.41, 5.74) is 5.47. The Hall–Kier alpha value is -2.03. The lowest BCUT2D eigenvalue weighted by atomic mass is 10.0. The molecule has 0 bridgehead atoms. The van der Waals surface area contributed by atoms with Gasteiger partial charge in [-0.15, -0.1) is 0 Å². The van der Waals surface area contributed by atoms with Crippen molar-refractivity contribution in [2.45, 2.75) is 19.8 Å². The fourth-order valence-corrected chi connectivity index (χ4v) is 3.37. The first kappa shape index (κ1) is 10.9. The van der Waals surface area contributed by atoms with Crippen LogP contribution in [0.5, 0.6) is 0 Å². The Morgan fingerprint density at radius 3 is 2.89 bits per heavy atom. The highest BCUT2D eigenvalue weighted by Crippen LogP contribution is 2.39. The second-order valence-corrected chi connectivity index (χ2v) is 5.58. The van der Waals surface area contributed by atoms with Crippen LogP contribution in [0.2, 0.25) is 0 Å². The summed E-state index contributed by atoms with van der Waals surface area (Å²) in [6.07, 6.45) is 1.98. The van der Waals surface area contributed by atoms with Crippen LogP contribution in [0.25, 0.3) is 16.6 Å². The standard InChI is InChI=1S/C16H16N2O/c1-10-5-6-13-11(8-10)9-14-15-12(16(19)18(13)14)4-3-7-17(15)2/h5-6,8-9H,3-4,7H2,1-2H3. The molecule has 0 saturated carbocycles. The molecule has 0 saturated heterocycles. The van der Waals surface area contributed by atoms with Crippen LogP contribution in [0.3, 0.4) is 0 Å². The van der Waals surface area contributed by atoms with Crippen LogP contribution in [0.15, 0.2) is 29.8 Å². The number of hydrogen-bond donors (Lipinski definition) is 0. The van der Waals surface area contributed by atoms with Crippen LogP contribution in [0.1, 0.15) is 28.9 Å². The van der Waals surface area contributed by atoms with E-state index in [0.29, 0.717) is 0 Å². The number of allylic oxidation sites excluding steroid dienone is 1. The van der Waals surface area contributed by atoms with E-state index < -0.39 is 0 Å². The first-order chi connectivity index (χ1) is 9.16. The van der Waals surface area contributed by atoms with Crippen molar-refractivity contribution in [3.05, 3.63) is 41.1 Å². The van der Waals surface area contributed by atoms with Crippen molar-refractivity contribution in [3.63, 3.8) is 0 Å². The molecule has 19 heavy (non-hydrogen) atoms. The molecule has 0 spiro atoms. The molecule has 2 aliphatic rings. The van der Waals surface area contributed by atoms with E-state index in [1.807, 2.05) is 4.57 Å². The predicted octanol–water partition coefficient (Wildman–Crippen LogP) is 3.04. The molecule has 0 unspecified atom stereocenters. The van der Waals surface area contributed by atoms with Crippen molar-refractivity contribution in [2.75, 3.05) is 13.6 Å². The Kier molecular flexibility index (Phi) is 2.00. The molecule has 3 heterocycles. The van der Waals surface area contributed by atoms with E-state index in [-0.39, 0.29) is 5.91 Å². The third kappa shape index (κ3) is 1.30. The highest BCUT2D eigenvalue weighted by atomic mass is 16.2. The normalized spacial score (nSPS) is 18.2. The Balaban J connectivity index is 2.04. The minimum atomic E-state index is 0.176. The minimum absolute atomic E-state index is 0.176. The molecule has 0 atom stereocenters. The summed E-state index contributed by atoms with van der Waals surface area (Å²) in [6.45, 7) is 3.12. The predicted molar refractivity (Wildman–Crippen MR) is 76.1 cm³/mol. The van der Waals surface area contributed by atoms with Gasteiger partial charge in [-0.05, 0) is 38.0 Å². The van der Waals surface area contributed by atoms with Gasteiger partial charge < -0.3 is 4.90 Å². The van der Waals surface area contributed by atoms with Crippen LogP contribution in [0.4, 0.5) is 0 Å². The lowest BCUT2D eigenvalue weighted by Crippen LogP contribution is -2.22. The molecule has 0 N–H and O–H groups in total. The van der Waals surface area contributed by atoms with Gasteiger partial charge in [0, 0.05) is 24.6 Å². The lowest BCUT2D eigenvalue weighted by molar-refractivity contribution is 0.0961. The molecule has 1 aromatic carbocycles. The molecule has 0 amide bonds. The van der Waals surface area contributed by atoms with Gasteiger partial charge in [0.1, 0.15) is 0 Å². The SMILES string of the molecule is Cc1ccc2c(c1)cc1n2C(=O)C2=C1N(C)CCC2. The van der Waals surface area contributed by atoms with E-state index in [9.17, 15) is 4.79 Å². The molecule has 2 aromatic rings. The molecular formula is C16H16N2O. The molecule has 96 valence electrons. The van der Waals surface area contributed by atoms with E-state index in [1.54, 1.807) is 0 Å². The zero-order valence-corrected chi connectivity index (χ0v) is 11.2. The maximum absolute atomic E-state index is 12.6. The van der Waals surface area contributed by atoms with Crippen molar-refractivity contribution in [1.82, 2.24) is 9.47 Å². The fraction of sp³-hybridized carbons (Fsp3) is 0.312. The van der Waals surface area contributed by atoms with Crippen molar-refractivity contribution < 1.29 is 4.79 Å². The van der Waals surface area contributed by atoms with E-state index >= 15 is 0 Å². The van der Waals surface area contributed by atoms with Crippen molar-refractivity contribution >= 4 is 22.5 Å². The summed E-state index contributed by atoms with van der Waals surface area (Å²) in [7, 11) is 2.08. The zero-order valence-electron chi connectivity index (χ0n) is 11.2. The van der Waals surface area contributed by atoms with Gasteiger partial charge >= 0.3 is 0 Å². The quantitative estimate of drug-likeness (QED) is 0.720. The number of carbonyl (C=O) groups is 1. The van der Waals surface area contributed by atoms with Crippen LogP contribution in [0, 0.1) is 6.92 Å². The monoisotopic (exact) mass is 252 g/mol. The third-order valence-electron chi connectivity index (χ3n) is 4.25. The van der Waals surface area contributed by atoms with E-state index in [2.05, 4.69) is 43.1 Å². The maximum Gasteiger partial charge on any atom is 0.261 e. The third-order valence-corrected chi connectivity index (χ3v) is 4.25. The highest BCUT2D eigenvalue weighted by Gasteiger charge is 2.34. The van der Waals surface area contributed by atoms with Crippen LogP contribution in [-0.2, 0) is 0 Å². The molecule has 2 aliphatic heterocycles. The van der Waals surface area contributed by atoms with Gasteiger partial charge in [0.15, 0.2) is 0 Å². The molecule has 4 rings (SSSR count). The average Bonchev–Trinajstić information content (AvgIpc) is 2.87. The first-order valence-electron chi connectivity index (χ1n) is 6.78. The zero-order chi connectivity index (χ0) is 13.1. The second-order valence-electron chi connectivity index (χ2n) is 5.58. The Bertz CT molecular complexity index is 751. The summed E-state index contributed by atoms with van der Waals surface area (Å²) in [5.74, 6) is 0.176. The fourth-order valence-electron chi connectivity index (χ4n) is 3.37. The van der Waals surface area contributed by atoms with Gasteiger partial charge in [0.2, 0.25) is 0 Å². The van der Waals surface area contributed by atoms with Crippen molar-refractivity contribution in [1.29, 1.82) is 0 Å². The average molecular weight is 252 g/mol. The minimum Gasteiger partial charge on any atom is -0.373 e. The highest BCUT2D eigenvalue weighted by molar-refractivity contribution is 6.13. The van der Waals surface area contributed by atoms with Crippen molar-refractivity contribution in [3.8, 4) is 0 Å². The number of hydrogen-bond acceptors (Lipinski definition) is 2. The van der Waals surface area contributed by atoms with Gasteiger partial charge in [0.25, 0.3) is 5.91 Å². The lowest BCUT2D eigenvalue weighted by Gasteiger charge is -2.25. The molecule has 0 radical (unpaired) electrons.